The Kier molecular flexibility index (Phi) is 4.13. The second-order valence-corrected chi connectivity index (χ2v) is 5.34. The first-order valence-corrected chi connectivity index (χ1v) is 5.78. The maximum Gasteiger partial charge on any atom is 0.316 e. The van der Waals surface area contributed by atoms with Crippen molar-refractivity contribution in [3.63, 3.8) is 0 Å². The first-order chi connectivity index (χ1) is 8.27. The summed E-state index contributed by atoms with van der Waals surface area (Å²) in [5.74, 6) is 5.29. The van der Waals surface area contributed by atoms with Gasteiger partial charge in [0.25, 0.3) is 0 Å². The first-order valence-electron chi connectivity index (χ1n) is 5.78. The molecule has 0 aliphatic heterocycles. The lowest BCUT2D eigenvalue weighted by molar-refractivity contribution is -0.383. The smallest absolute Gasteiger partial charge is 0.316 e. The van der Waals surface area contributed by atoms with E-state index in [0.29, 0.717) is 11.4 Å². The monoisotopic (exact) mass is 252 g/mol. The van der Waals surface area contributed by atoms with E-state index in [1.54, 1.807) is 18.2 Å². The molecule has 0 bridgehead atoms. The molecule has 1 aromatic rings. The largest absolute Gasteiger partial charge is 0.376 e. The zero-order chi connectivity index (χ0) is 13.9. The molecule has 0 heterocycles. The second kappa shape index (κ2) is 5.22. The summed E-state index contributed by atoms with van der Waals surface area (Å²) < 4.78 is 0. The summed E-state index contributed by atoms with van der Waals surface area (Å²) >= 11 is 0. The lowest BCUT2D eigenvalue weighted by Gasteiger charge is -2.29. The Morgan fingerprint density at radius 2 is 1.89 bits per heavy atom. The number of nitrogens with zero attached hydrogens (tertiary/aromatic N) is 1. The van der Waals surface area contributed by atoms with Gasteiger partial charge >= 0.3 is 5.69 Å². The fourth-order valence-electron chi connectivity index (χ4n) is 1.42. The Balaban J connectivity index is 3.13. The van der Waals surface area contributed by atoms with Crippen LogP contribution in [0.1, 0.15) is 27.7 Å². The molecule has 18 heavy (non-hydrogen) atoms. The minimum atomic E-state index is -0.438. The number of anilines is 2. The lowest BCUT2D eigenvalue weighted by Crippen LogP contribution is -2.31. The van der Waals surface area contributed by atoms with Crippen LogP contribution in [0.5, 0.6) is 0 Å². The van der Waals surface area contributed by atoms with E-state index < -0.39 is 4.92 Å². The molecule has 1 unspecified atom stereocenters. The number of hydrazine groups is 1. The van der Waals surface area contributed by atoms with Crippen molar-refractivity contribution < 1.29 is 4.92 Å². The van der Waals surface area contributed by atoms with Crippen LogP contribution in [0, 0.1) is 15.5 Å². The summed E-state index contributed by atoms with van der Waals surface area (Å²) in [6.07, 6.45) is 0. The summed E-state index contributed by atoms with van der Waals surface area (Å²) in [6.45, 7) is 8.21. The molecule has 6 nitrogen and oxygen atoms in total. The van der Waals surface area contributed by atoms with Crippen molar-refractivity contribution in [1.29, 1.82) is 0 Å². The molecule has 0 aliphatic carbocycles. The van der Waals surface area contributed by atoms with E-state index in [0.717, 1.165) is 0 Å². The fourth-order valence-corrected chi connectivity index (χ4v) is 1.42. The van der Waals surface area contributed by atoms with Crippen LogP contribution >= 0.6 is 0 Å². The highest BCUT2D eigenvalue weighted by molar-refractivity contribution is 5.76. The van der Waals surface area contributed by atoms with Gasteiger partial charge < -0.3 is 10.7 Å². The maximum atomic E-state index is 11.1. The number of benzene rings is 1. The number of nitrogen functional groups attached to an aromatic ring is 1. The van der Waals surface area contributed by atoms with Gasteiger partial charge in [-0.05, 0) is 24.5 Å². The standard InChI is InChI=1S/C12H20N4O2/c1-8(12(2,3)4)14-9-6-5-7-10(15-13)11(9)16(17)18/h5-8,14-15H,13H2,1-4H3. The Labute approximate surface area is 107 Å². The Morgan fingerprint density at radius 3 is 2.33 bits per heavy atom. The summed E-state index contributed by atoms with van der Waals surface area (Å²) in [4.78, 5) is 10.7. The van der Waals surface area contributed by atoms with E-state index >= 15 is 0 Å². The second-order valence-electron chi connectivity index (χ2n) is 5.34. The highest BCUT2D eigenvalue weighted by Gasteiger charge is 2.25. The Hall–Kier alpha value is -1.82. The summed E-state index contributed by atoms with van der Waals surface area (Å²) in [7, 11) is 0. The van der Waals surface area contributed by atoms with Gasteiger partial charge in [-0.3, -0.25) is 16.0 Å². The van der Waals surface area contributed by atoms with Crippen LogP contribution < -0.4 is 16.6 Å². The molecule has 1 aromatic carbocycles. The molecule has 1 atom stereocenters. The van der Waals surface area contributed by atoms with Crippen LogP contribution in [0.4, 0.5) is 17.1 Å². The van der Waals surface area contributed by atoms with Gasteiger partial charge in [0.1, 0.15) is 11.4 Å². The molecule has 4 N–H and O–H groups in total. The van der Waals surface area contributed by atoms with Gasteiger partial charge in [-0.25, -0.2) is 0 Å². The van der Waals surface area contributed by atoms with Gasteiger partial charge in [-0.1, -0.05) is 26.8 Å². The fraction of sp³-hybridized carbons (Fsp3) is 0.500. The number of hydrogen-bond acceptors (Lipinski definition) is 5. The van der Waals surface area contributed by atoms with Gasteiger partial charge in [0.05, 0.1) is 4.92 Å². The van der Waals surface area contributed by atoms with E-state index in [2.05, 4.69) is 31.5 Å². The summed E-state index contributed by atoms with van der Waals surface area (Å²) in [6, 6.07) is 5.07. The molecular weight excluding hydrogens is 232 g/mol. The highest BCUT2D eigenvalue weighted by atomic mass is 16.6. The summed E-state index contributed by atoms with van der Waals surface area (Å²) in [5, 5.41) is 14.3. The molecule has 100 valence electrons. The normalized spacial score (nSPS) is 12.9. The number of nitrogens with two attached hydrogens (primary N) is 1. The quantitative estimate of drug-likeness (QED) is 0.435. The molecule has 0 radical (unpaired) electrons. The predicted molar refractivity (Wildman–Crippen MR) is 73.4 cm³/mol. The first kappa shape index (κ1) is 14.2. The van der Waals surface area contributed by atoms with Crippen LogP contribution in [0.15, 0.2) is 18.2 Å². The third-order valence-electron chi connectivity index (χ3n) is 3.05. The van der Waals surface area contributed by atoms with Crippen LogP contribution in [0.3, 0.4) is 0 Å². The van der Waals surface area contributed by atoms with E-state index in [4.69, 9.17) is 5.84 Å². The average Bonchev–Trinajstić information content (AvgIpc) is 2.26. The van der Waals surface area contributed by atoms with E-state index in [1.165, 1.54) is 0 Å². The third-order valence-corrected chi connectivity index (χ3v) is 3.05. The minimum Gasteiger partial charge on any atom is -0.376 e. The highest BCUT2D eigenvalue weighted by Crippen LogP contribution is 2.34. The summed E-state index contributed by atoms with van der Waals surface area (Å²) in [5.41, 5.74) is 3.08. The maximum absolute atomic E-state index is 11.1. The SMILES string of the molecule is CC(Nc1cccc(NN)c1[N+](=O)[O-])C(C)(C)C. The van der Waals surface area contributed by atoms with Crippen LogP contribution in [0.2, 0.25) is 0 Å². The van der Waals surface area contributed by atoms with Crippen molar-refractivity contribution in [1.82, 2.24) is 0 Å². The lowest BCUT2D eigenvalue weighted by atomic mass is 9.88. The van der Waals surface area contributed by atoms with Crippen molar-refractivity contribution in [2.24, 2.45) is 11.3 Å². The topological polar surface area (TPSA) is 93.2 Å². The number of nitrogens with one attached hydrogen (secondary N) is 2. The molecular formula is C12H20N4O2. The third kappa shape index (κ3) is 3.10. The molecule has 0 aliphatic rings. The van der Waals surface area contributed by atoms with Gasteiger partial charge in [0, 0.05) is 6.04 Å². The Bertz CT molecular complexity index is 440. The predicted octanol–water partition coefficient (Wildman–Crippen LogP) is 2.73. The van der Waals surface area contributed by atoms with Crippen LogP contribution in [0.25, 0.3) is 0 Å². The molecule has 0 amide bonds. The van der Waals surface area contributed by atoms with Gasteiger partial charge in [-0.15, -0.1) is 0 Å². The molecule has 0 fully saturated rings. The van der Waals surface area contributed by atoms with Crippen molar-refractivity contribution in [3.05, 3.63) is 28.3 Å². The molecule has 6 heteroatoms. The van der Waals surface area contributed by atoms with E-state index in [9.17, 15) is 10.1 Å². The molecule has 0 saturated heterocycles. The van der Waals surface area contributed by atoms with Crippen molar-refractivity contribution in [2.45, 2.75) is 33.7 Å². The zero-order valence-corrected chi connectivity index (χ0v) is 11.2. The van der Waals surface area contributed by atoms with Crippen molar-refractivity contribution in [2.75, 3.05) is 10.7 Å². The number of nitro benzene ring substituents is 1. The van der Waals surface area contributed by atoms with E-state index in [1.807, 2.05) is 6.92 Å². The number of hydrogen-bond donors (Lipinski definition) is 3. The van der Waals surface area contributed by atoms with Gasteiger partial charge in [0.2, 0.25) is 0 Å². The molecule has 0 aromatic heterocycles. The molecule has 1 rings (SSSR count). The van der Waals surface area contributed by atoms with Crippen LogP contribution in [-0.2, 0) is 0 Å². The van der Waals surface area contributed by atoms with Crippen molar-refractivity contribution >= 4 is 17.1 Å². The number of rotatable bonds is 4. The molecule has 0 spiro atoms. The number of nitro groups is 1. The van der Waals surface area contributed by atoms with Crippen LogP contribution in [-0.4, -0.2) is 11.0 Å². The van der Waals surface area contributed by atoms with Gasteiger partial charge in [0.15, 0.2) is 0 Å². The van der Waals surface area contributed by atoms with E-state index in [-0.39, 0.29) is 17.1 Å². The van der Waals surface area contributed by atoms with Gasteiger partial charge in [-0.2, -0.15) is 0 Å². The number of para-hydroxylation sites is 1. The minimum absolute atomic E-state index is 0.0000164. The zero-order valence-electron chi connectivity index (χ0n) is 11.2. The average molecular weight is 252 g/mol. The van der Waals surface area contributed by atoms with Crippen molar-refractivity contribution in [3.8, 4) is 0 Å². The Morgan fingerprint density at radius 1 is 1.33 bits per heavy atom. The molecule has 0 saturated carbocycles.